The van der Waals surface area contributed by atoms with Crippen molar-refractivity contribution >= 4 is 22.6 Å². The van der Waals surface area contributed by atoms with E-state index in [-0.39, 0.29) is 12.1 Å². The number of anilines is 1. The minimum absolute atomic E-state index is 0.0893. The van der Waals surface area contributed by atoms with Gasteiger partial charge in [0.15, 0.2) is 0 Å². The zero-order valence-electron chi connectivity index (χ0n) is 13.4. The molecular formula is C19H21N3O. The Morgan fingerprint density at radius 1 is 1.09 bits per heavy atom. The molecule has 4 heteroatoms. The number of benzene rings is 2. The first-order chi connectivity index (χ1) is 11.1. The topological polar surface area (TPSA) is 48.1 Å². The first-order valence-electron chi connectivity index (χ1n) is 7.83. The summed E-state index contributed by atoms with van der Waals surface area (Å²) in [6, 6.07) is 18.0. The molecule has 3 aromatic rings. The lowest BCUT2D eigenvalue weighted by Crippen LogP contribution is -2.39. The molecule has 23 heavy (non-hydrogen) atoms. The number of para-hydroxylation sites is 1. The molecule has 0 bridgehead atoms. The van der Waals surface area contributed by atoms with E-state index in [0.717, 1.165) is 22.2 Å². The van der Waals surface area contributed by atoms with Gasteiger partial charge >= 0.3 is 6.03 Å². The standard InChI is InChI=1S/C19H21N3O/c1-14(2)22(13-15-8-4-3-5-9-15)19(23)21-18-12-20-17-11-7-6-10-16(17)18/h3-12,14,20H,13H2,1-2H3,(H,21,23). The Hall–Kier alpha value is -2.75. The van der Waals surface area contributed by atoms with Gasteiger partial charge in [-0.15, -0.1) is 0 Å². The average Bonchev–Trinajstić information content (AvgIpc) is 2.96. The van der Waals surface area contributed by atoms with Crippen molar-refractivity contribution in [3.05, 3.63) is 66.4 Å². The summed E-state index contributed by atoms with van der Waals surface area (Å²) < 4.78 is 0. The van der Waals surface area contributed by atoms with E-state index in [4.69, 9.17) is 0 Å². The largest absolute Gasteiger partial charge is 0.359 e. The third-order valence-corrected chi connectivity index (χ3v) is 3.91. The zero-order valence-corrected chi connectivity index (χ0v) is 13.4. The van der Waals surface area contributed by atoms with Gasteiger partial charge in [-0.2, -0.15) is 0 Å². The summed E-state index contributed by atoms with van der Waals surface area (Å²) >= 11 is 0. The van der Waals surface area contributed by atoms with Crippen LogP contribution in [0, 0.1) is 0 Å². The van der Waals surface area contributed by atoms with Gasteiger partial charge in [-0.1, -0.05) is 48.5 Å². The SMILES string of the molecule is CC(C)N(Cc1ccccc1)C(=O)Nc1c[nH]c2ccccc12. The predicted molar refractivity (Wildman–Crippen MR) is 94.4 cm³/mol. The number of carbonyl (C=O) groups is 1. The average molecular weight is 307 g/mol. The summed E-state index contributed by atoms with van der Waals surface area (Å²) in [5.41, 5.74) is 2.95. The molecule has 0 aliphatic heterocycles. The number of rotatable bonds is 4. The van der Waals surface area contributed by atoms with Crippen LogP contribution in [0.5, 0.6) is 0 Å². The van der Waals surface area contributed by atoms with Gasteiger partial charge in [0.05, 0.1) is 5.69 Å². The molecule has 0 aliphatic rings. The molecule has 0 spiro atoms. The fraction of sp³-hybridized carbons (Fsp3) is 0.211. The second-order valence-electron chi connectivity index (χ2n) is 5.89. The summed E-state index contributed by atoms with van der Waals surface area (Å²) in [7, 11) is 0. The van der Waals surface area contributed by atoms with Crippen LogP contribution in [0.3, 0.4) is 0 Å². The van der Waals surface area contributed by atoms with Crippen LogP contribution in [0.2, 0.25) is 0 Å². The van der Waals surface area contributed by atoms with Gasteiger partial charge in [0.1, 0.15) is 0 Å². The van der Waals surface area contributed by atoms with Gasteiger partial charge in [-0.3, -0.25) is 0 Å². The van der Waals surface area contributed by atoms with Crippen molar-refractivity contribution in [1.29, 1.82) is 0 Å². The van der Waals surface area contributed by atoms with Crippen molar-refractivity contribution in [3.63, 3.8) is 0 Å². The second kappa shape index (κ2) is 6.57. The third kappa shape index (κ3) is 3.37. The van der Waals surface area contributed by atoms with E-state index in [1.54, 1.807) is 0 Å². The Balaban J connectivity index is 1.79. The van der Waals surface area contributed by atoms with Crippen LogP contribution in [0.4, 0.5) is 10.5 Å². The van der Waals surface area contributed by atoms with Crippen molar-refractivity contribution in [2.45, 2.75) is 26.4 Å². The van der Waals surface area contributed by atoms with Gasteiger partial charge in [0.25, 0.3) is 0 Å². The molecular weight excluding hydrogens is 286 g/mol. The molecule has 0 fully saturated rings. The summed E-state index contributed by atoms with van der Waals surface area (Å²) in [6.45, 7) is 4.64. The van der Waals surface area contributed by atoms with Crippen molar-refractivity contribution < 1.29 is 4.79 Å². The zero-order chi connectivity index (χ0) is 16.2. The fourth-order valence-electron chi connectivity index (χ4n) is 2.63. The number of H-pyrrole nitrogens is 1. The van der Waals surface area contributed by atoms with Crippen molar-refractivity contribution in [2.75, 3.05) is 5.32 Å². The first-order valence-corrected chi connectivity index (χ1v) is 7.83. The maximum absolute atomic E-state index is 12.7. The van der Waals surface area contributed by atoms with E-state index in [1.165, 1.54) is 0 Å². The van der Waals surface area contributed by atoms with Crippen LogP contribution in [-0.2, 0) is 6.54 Å². The molecule has 0 saturated carbocycles. The Morgan fingerprint density at radius 3 is 2.52 bits per heavy atom. The number of aromatic nitrogens is 1. The molecule has 0 saturated heterocycles. The number of fused-ring (bicyclic) bond motifs is 1. The highest BCUT2D eigenvalue weighted by atomic mass is 16.2. The smallest absolute Gasteiger partial charge is 0.322 e. The van der Waals surface area contributed by atoms with E-state index in [1.807, 2.05) is 79.5 Å². The molecule has 2 amide bonds. The first kappa shape index (κ1) is 15.2. The number of nitrogens with zero attached hydrogens (tertiary/aromatic N) is 1. The minimum Gasteiger partial charge on any atom is -0.359 e. The fourth-order valence-corrected chi connectivity index (χ4v) is 2.63. The number of aromatic amines is 1. The Kier molecular flexibility index (Phi) is 4.33. The molecule has 1 aromatic heterocycles. The number of hydrogen-bond acceptors (Lipinski definition) is 1. The summed E-state index contributed by atoms with van der Waals surface area (Å²) in [5.74, 6) is 0. The van der Waals surface area contributed by atoms with Gasteiger partial charge in [0, 0.05) is 29.7 Å². The van der Waals surface area contributed by atoms with Gasteiger partial charge in [0.2, 0.25) is 0 Å². The summed E-state index contributed by atoms with van der Waals surface area (Å²) in [6.07, 6.45) is 1.84. The van der Waals surface area contributed by atoms with Crippen molar-refractivity contribution in [1.82, 2.24) is 9.88 Å². The van der Waals surface area contributed by atoms with Crippen molar-refractivity contribution in [2.24, 2.45) is 0 Å². The van der Waals surface area contributed by atoms with E-state index < -0.39 is 0 Å². The molecule has 4 nitrogen and oxygen atoms in total. The van der Waals surface area contributed by atoms with Crippen LogP contribution >= 0.6 is 0 Å². The highest BCUT2D eigenvalue weighted by molar-refractivity contribution is 6.01. The number of carbonyl (C=O) groups excluding carboxylic acids is 1. The molecule has 2 aromatic carbocycles. The van der Waals surface area contributed by atoms with Crippen LogP contribution in [0.1, 0.15) is 19.4 Å². The van der Waals surface area contributed by atoms with Crippen LogP contribution in [-0.4, -0.2) is 22.0 Å². The van der Waals surface area contributed by atoms with Gasteiger partial charge in [-0.05, 0) is 25.5 Å². The molecule has 0 radical (unpaired) electrons. The number of amides is 2. The van der Waals surface area contributed by atoms with Crippen LogP contribution in [0.25, 0.3) is 10.9 Å². The lowest BCUT2D eigenvalue weighted by Gasteiger charge is -2.27. The molecule has 118 valence electrons. The molecule has 2 N–H and O–H groups in total. The van der Waals surface area contributed by atoms with Crippen LogP contribution in [0.15, 0.2) is 60.8 Å². The quantitative estimate of drug-likeness (QED) is 0.726. The number of urea groups is 1. The Labute approximate surface area is 136 Å². The van der Waals surface area contributed by atoms with Gasteiger partial charge < -0.3 is 15.2 Å². The summed E-state index contributed by atoms with van der Waals surface area (Å²) in [5, 5.41) is 4.04. The highest BCUT2D eigenvalue weighted by Gasteiger charge is 2.18. The monoisotopic (exact) mass is 307 g/mol. The summed E-state index contributed by atoms with van der Waals surface area (Å²) in [4.78, 5) is 17.7. The Morgan fingerprint density at radius 2 is 1.78 bits per heavy atom. The molecule has 0 unspecified atom stereocenters. The number of hydrogen-bond donors (Lipinski definition) is 2. The predicted octanol–water partition coefficient (Wildman–Crippen LogP) is 4.61. The third-order valence-electron chi connectivity index (χ3n) is 3.91. The van der Waals surface area contributed by atoms with E-state index in [9.17, 15) is 4.79 Å². The highest BCUT2D eigenvalue weighted by Crippen LogP contribution is 2.23. The molecule has 0 atom stereocenters. The van der Waals surface area contributed by atoms with Crippen molar-refractivity contribution in [3.8, 4) is 0 Å². The minimum atomic E-state index is -0.0893. The maximum Gasteiger partial charge on any atom is 0.322 e. The number of nitrogens with one attached hydrogen (secondary N) is 2. The van der Waals surface area contributed by atoms with E-state index in [2.05, 4.69) is 10.3 Å². The lowest BCUT2D eigenvalue weighted by molar-refractivity contribution is 0.193. The molecule has 0 aliphatic carbocycles. The van der Waals surface area contributed by atoms with E-state index in [0.29, 0.717) is 6.54 Å². The maximum atomic E-state index is 12.7. The lowest BCUT2D eigenvalue weighted by atomic mass is 10.2. The van der Waals surface area contributed by atoms with E-state index >= 15 is 0 Å². The van der Waals surface area contributed by atoms with Gasteiger partial charge in [-0.25, -0.2) is 4.79 Å². The molecule has 3 rings (SSSR count). The Bertz CT molecular complexity index is 792. The van der Waals surface area contributed by atoms with Crippen LogP contribution < -0.4 is 5.32 Å². The molecule has 1 heterocycles. The second-order valence-corrected chi connectivity index (χ2v) is 5.89. The normalized spacial score (nSPS) is 10.9.